The van der Waals surface area contributed by atoms with E-state index in [0.29, 0.717) is 6.54 Å². The first-order valence-electron chi connectivity index (χ1n) is 6.92. The predicted octanol–water partition coefficient (Wildman–Crippen LogP) is 3.18. The second-order valence-corrected chi connectivity index (χ2v) is 4.99. The molecule has 2 N–H and O–H groups in total. The molecule has 0 saturated heterocycles. The van der Waals surface area contributed by atoms with Crippen molar-refractivity contribution >= 4 is 0 Å². The van der Waals surface area contributed by atoms with Gasteiger partial charge in [-0.25, -0.2) is 4.39 Å². The number of hydrogen-bond donors (Lipinski definition) is 2. The van der Waals surface area contributed by atoms with Gasteiger partial charge in [0.25, 0.3) is 0 Å². The molecular formula is C17H20FNO2. The van der Waals surface area contributed by atoms with Crippen molar-refractivity contribution in [2.75, 3.05) is 13.7 Å². The molecule has 0 aliphatic rings. The largest absolute Gasteiger partial charge is 0.508 e. The van der Waals surface area contributed by atoms with Crippen LogP contribution in [0.2, 0.25) is 0 Å². The van der Waals surface area contributed by atoms with E-state index in [9.17, 15) is 9.50 Å². The standard InChI is InChI=1S/C17H20FNO2/c1-12-9-15(18)4-3-13(12)7-8-19-11-14-10-16(21-2)5-6-17(14)20/h3-6,9-10,19-20H,7-8,11H2,1-2H3. The van der Waals surface area contributed by atoms with Crippen LogP contribution in [0.4, 0.5) is 4.39 Å². The molecule has 2 aromatic rings. The highest BCUT2D eigenvalue weighted by molar-refractivity contribution is 5.39. The lowest BCUT2D eigenvalue weighted by Gasteiger charge is -2.10. The fourth-order valence-corrected chi connectivity index (χ4v) is 2.22. The zero-order chi connectivity index (χ0) is 15.2. The summed E-state index contributed by atoms with van der Waals surface area (Å²) < 4.78 is 18.2. The zero-order valence-electron chi connectivity index (χ0n) is 12.3. The van der Waals surface area contributed by atoms with Gasteiger partial charge < -0.3 is 15.2 Å². The van der Waals surface area contributed by atoms with Crippen molar-refractivity contribution in [2.45, 2.75) is 19.9 Å². The van der Waals surface area contributed by atoms with Gasteiger partial charge in [0.15, 0.2) is 0 Å². The number of aromatic hydroxyl groups is 1. The average Bonchev–Trinajstić information content (AvgIpc) is 2.47. The number of hydrogen-bond acceptors (Lipinski definition) is 3. The lowest BCUT2D eigenvalue weighted by Crippen LogP contribution is -2.17. The first-order valence-corrected chi connectivity index (χ1v) is 6.92. The summed E-state index contributed by atoms with van der Waals surface area (Å²) in [5.41, 5.74) is 2.88. The number of benzene rings is 2. The summed E-state index contributed by atoms with van der Waals surface area (Å²) in [6, 6.07) is 10.0. The smallest absolute Gasteiger partial charge is 0.123 e. The third-order valence-electron chi connectivity index (χ3n) is 3.48. The van der Waals surface area contributed by atoms with Crippen LogP contribution in [0.25, 0.3) is 0 Å². The molecule has 0 aromatic heterocycles. The molecule has 0 fully saturated rings. The minimum absolute atomic E-state index is 0.203. The third kappa shape index (κ3) is 4.20. The minimum atomic E-state index is -0.203. The van der Waals surface area contributed by atoms with E-state index in [1.807, 2.05) is 19.1 Å². The maximum Gasteiger partial charge on any atom is 0.123 e. The monoisotopic (exact) mass is 289 g/mol. The summed E-state index contributed by atoms with van der Waals surface area (Å²) in [6.07, 6.45) is 0.816. The van der Waals surface area contributed by atoms with Crippen LogP contribution in [0, 0.1) is 12.7 Å². The van der Waals surface area contributed by atoms with Gasteiger partial charge in [-0.2, -0.15) is 0 Å². The van der Waals surface area contributed by atoms with Crippen molar-refractivity contribution in [3.63, 3.8) is 0 Å². The number of ether oxygens (including phenoxy) is 1. The van der Waals surface area contributed by atoms with E-state index >= 15 is 0 Å². The Labute approximate surface area is 124 Å². The van der Waals surface area contributed by atoms with E-state index in [0.717, 1.165) is 35.4 Å². The van der Waals surface area contributed by atoms with Gasteiger partial charge in [-0.3, -0.25) is 0 Å². The topological polar surface area (TPSA) is 41.5 Å². The van der Waals surface area contributed by atoms with Crippen molar-refractivity contribution in [1.29, 1.82) is 0 Å². The molecule has 2 aromatic carbocycles. The van der Waals surface area contributed by atoms with Gasteiger partial charge in [-0.05, 0) is 61.3 Å². The van der Waals surface area contributed by atoms with E-state index in [2.05, 4.69) is 5.32 Å². The second kappa shape index (κ2) is 7.09. The third-order valence-corrected chi connectivity index (χ3v) is 3.48. The summed E-state index contributed by atoms with van der Waals surface area (Å²) in [5, 5.41) is 13.1. The quantitative estimate of drug-likeness (QED) is 0.803. The highest BCUT2D eigenvalue weighted by atomic mass is 19.1. The number of halogens is 1. The Kier molecular flexibility index (Phi) is 5.17. The molecule has 112 valence electrons. The Morgan fingerprint density at radius 3 is 2.67 bits per heavy atom. The zero-order valence-corrected chi connectivity index (χ0v) is 12.3. The fourth-order valence-electron chi connectivity index (χ4n) is 2.22. The van der Waals surface area contributed by atoms with Gasteiger partial charge in [0.1, 0.15) is 17.3 Å². The molecule has 0 atom stereocenters. The van der Waals surface area contributed by atoms with Crippen LogP contribution in [-0.4, -0.2) is 18.8 Å². The van der Waals surface area contributed by atoms with E-state index < -0.39 is 0 Å². The minimum Gasteiger partial charge on any atom is -0.508 e. The Balaban J connectivity index is 1.87. The van der Waals surface area contributed by atoms with E-state index in [1.165, 1.54) is 6.07 Å². The Morgan fingerprint density at radius 2 is 1.95 bits per heavy atom. The lowest BCUT2D eigenvalue weighted by atomic mass is 10.1. The molecule has 0 aliphatic carbocycles. The van der Waals surface area contributed by atoms with Crippen LogP contribution < -0.4 is 10.1 Å². The number of nitrogens with one attached hydrogen (secondary N) is 1. The van der Waals surface area contributed by atoms with Crippen molar-refractivity contribution in [3.8, 4) is 11.5 Å². The molecule has 2 rings (SSSR count). The van der Waals surface area contributed by atoms with Gasteiger partial charge in [-0.15, -0.1) is 0 Å². The van der Waals surface area contributed by atoms with E-state index in [1.54, 1.807) is 25.3 Å². The molecule has 0 unspecified atom stereocenters. The predicted molar refractivity (Wildman–Crippen MR) is 81.2 cm³/mol. The first kappa shape index (κ1) is 15.3. The number of methoxy groups -OCH3 is 1. The van der Waals surface area contributed by atoms with Crippen molar-refractivity contribution in [1.82, 2.24) is 5.32 Å². The molecular weight excluding hydrogens is 269 g/mol. The Bertz CT molecular complexity index is 614. The maximum absolute atomic E-state index is 13.0. The van der Waals surface area contributed by atoms with Crippen molar-refractivity contribution < 1.29 is 14.2 Å². The van der Waals surface area contributed by atoms with E-state index in [-0.39, 0.29) is 11.6 Å². The summed E-state index contributed by atoms with van der Waals surface area (Å²) in [7, 11) is 1.60. The summed E-state index contributed by atoms with van der Waals surface area (Å²) in [5.74, 6) is 0.769. The molecule has 0 bridgehead atoms. The van der Waals surface area contributed by atoms with Crippen molar-refractivity contribution in [3.05, 3.63) is 58.9 Å². The number of aryl methyl sites for hydroxylation is 1. The summed E-state index contributed by atoms with van der Waals surface area (Å²) in [4.78, 5) is 0. The fraction of sp³-hybridized carbons (Fsp3) is 0.294. The van der Waals surface area contributed by atoms with Crippen LogP contribution >= 0.6 is 0 Å². The molecule has 21 heavy (non-hydrogen) atoms. The number of phenols is 1. The normalized spacial score (nSPS) is 10.6. The molecule has 0 amide bonds. The van der Waals surface area contributed by atoms with Gasteiger partial charge in [0.2, 0.25) is 0 Å². The molecule has 4 heteroatoms. The Hall–Kier alpha value is -2.07. The lowest BCUT2D eigenvalue weighted by molar-refractivity contribution is 0.410. The highest BCUT2D eigenvalue weighted by Gasteiger charge is 2.04. The first-order chi connectivity index (χ1) is 10.1. The SMILES string of the molecule is COc1ccc(O)c(CNCCc2ccc(F)cc2C)c1. The van der Waals surface area contributed by atoms with Gasteiger partial charge in [0.05, 0.1) is 7.11 Å². The highest BCUT2D eigenvalue weighted by Crippen LogP contribution is 2.22. The molecule has 0 radical (unpaired) electrons. The molecule has 0 aliphatic heterocycles. The van der Waals surface area contributed by atoms with Crippen LogP contribution in [0.3, 0.4) is 0 Å². The van der Waals surface area contributed by atoms with Crippen LogP contribution in [-0.2, 0) is 13.0 Å². The van der Waals surface area contributed by atoms with Gasteiger partial charge in [0, 0.05) is 12.1 Å². The van der Waals surface area contributed by atoms with Crippen LogP contribution in [0.15, 0.2) is 36.4 Å². The van der Waals surface area contributed by atoms with E-state index in [4.69, 9.17) is 4.74 Å². The molecule has 0 saturated carbocycles. The van der Waals surface area contributed by atoms with Gasteiger partial charge in [-0.1, -0.05) is 6.07 Å². The molecule has 0 spiro atoms. The van der Waals surface area contributed by atoms with Crippen LogP contribution in [0.1, 0.15) is 16.7 Å². The van der Waals surface area contributed by atoms with Gasteiger partial charge >= 0.3 is 0 Å². The Morgan fingerprint density at radius 1 is 1.14 bits per heavy atom. The van der Waals surface area contributed by atoms with Crippen molar-refractivity contribution in [2.24, 2.45) is 0 Å². The maximum atomic E-state index is 13.0. The average molecular weight is 289 g/mol. The van der Waals surface area contributed by atoms with Crippen LogP contribution in [0.5, 0.6) is 11.5 Å². The molecule has 3 nitrogen and oxygen atoms in total. The summed E-state index contributed by atoms with van der Waals surface area (Å²) in [6.45, 7) is 3.22. The number of phenolic OH excluding ortho intramolecular Hbond substituents is 1. The number of rotatable bonds is 6. The molecule has 0 heterocycles. The second-order valence-electron chi connectivity index (χ2n) is 4.99. The summed E-state index contributed by atoms with van der Waals surface area (Å²) >= 11 is 0.